The van der Waals surface area contributed by atoms with Gasteiger partial charge in [-0.1, -0.05) is 12.1 Å². The number of carbonyl (C=O) groups is 1. The third-order valence-corrected chi connectivity index (χ3v) is 4.81. The molecular formula is C22H27NO4. The SMILES string of the molecule is COc1ccc(CCC(=O)NC2CC(C)(C)Oc3ccc(OC)cc32)cc1. The van der Waals surface area contributed by atoms with Crippen LogP contribution < -0.4 is 19.5 Å². The number of hydrogen-bond donors (Lipinski definition) is 1. The molecule has 0 fully saturated rings. The third-order valence-electron chi connectivity index (χ3n) is 4.81. The highest BCUT2D eigenvalue weighted by molar-refractivity contribution is 5.77. The first kappa shape index (κ1) is 19.1. The second-order valence-corrected chi connectivity index (χ2v) is 7.44. The maximum atomic E-state index is 12.6. The van der Waals surface area contributed by atoms with Gasteiger partial charge in [0.15, 0.2) is 0 Å². The van der Waals surface area contributed by atoms with Crippen molar-refractivity contribution in [1.82, 2.24) is 5.32 Å². The molecule has 0 aromatic heterocycles. The molecule has 3 rings (SSSR count). The molecule has 0 bridgehead atoms. The zero-order chi connectivity index (χ0) is 19.4. The van der Waals surface area contributed by atoms with E-state index < -0.39 is 0 Å². The summed E-state index contributed by atoms with van der Waals surface area (Å²) in [6.07, 6.45) is 1.83. The third kappa shape index (κ3) is 4.73. The van der Waals surface area contributed by atoms with E-state index in [1.807, 2.05) is 56.3 Å². The fourth-order valence-corrected chi connectivity index (χ4v) is 3.40. The molecule has 0 saturated carbocycles. The van der Waals surface area contributed by atoms with E-state index in [0.29, 0.717) is 19.3 Å². The lowest BCUT2D eigenvalue weighted by Crippen LogP contribution is -2.41. The molecule has 144 valence electrons. The van der Waals surface area contributed by atoms with Gasteiger partial charge >= 0.3 is 0 Å². The Bertz CT molecular complexity index is 798. The quantitative estimate of drug-likeness (QED) is 0.834. The Labute approximate surface area is 160 Å². The number of fused-ring (bicyclic) bond motifs is 1. The first-order chi connectivity index (χ1) is 12.9. The van der Waals surface area contributed by atoms with Gasteiger partial charge in [-0.3, -0.25) is 4.79 Å². The van der Waals surface area contributed by atoms with Gasteiger partial charge < -0.3 is 19.5 Å². The molecule has 1 N–H and O–H groups in total. The Morgan fingerprint density at radius 2 is 1.78 bits per heavy atom. The van der Waals surface area contributed by atoms with Crippen molar-refractivity contribution in [2.45, 2.75) is 44.8 Å². The summed E-state index contributed by atoms with van der Waals surface area (Å²) in [4.78, 5) is 12.6. The molecule has 5 heteroatoms. The number of benzene rings is 2. The number of rotatable bonds is 6. The maximum Gasteiger partial charge on any atom is 0.220 e. The summed E-state index contributed by atoms with van der Waals surface area (Å²) in [5, 5.41) is 3.18. The summed E-state index contributed by atoms with van der Waals surface area (Å²) >= 11 is 0. The normalized spacial score (nSPS) is 17.4. The minimum absolute atomic E-state index is 0.0299. The molecule has 5 nitrogen and oxygen atoms in total. The van der Waals surface area contributed by atoms with Crippen molar-refractivity contribution in [3.05, 3.63) is 53.6 Å². The van der Waals surface area contributed by atoms with Gasteiger partial charge in [-0.25, -0.2) is 0 Å². The number of carbonyl (C=O) groups excluding carboxylic acids is 1. The van der Waals surface area contributed by atoms with Crippen LogP contribution in [0.2, 0.25) is 0 Å². The highest BCUT2D eigenvalue weighted by atomic mass is 16.5. The summed E-state index contributed by atoms with van der Waals surface area (Å²) in [5.41, 5.74) is 1.74. The number of ether oxygens (including phenoxy) is 3. The topological polar surface area (TPSA) is 56.8 Å². The fourth-order valence-electron chi connectivity index (χ4n) is 3.40. The van der Waals surface area contributed by atoms with Crippen LogP contribution in [-0.4, -0.2) is 25.7 Å². The second-order valence-electron chi connectivity index (χ2n) is 7.44. The second kappa shape index (κ2) is 7.91. The number of nitrogens with one attached hydrogen (secondary N) is 1. The van der Waals surface area contributed by atoms with Crippen molar-refractivity contribution in [3.63, 3.8) is 0 Å². The molecule has 0 spiro atoms. The number of amides is 1. The molecule has 2 aromatic rings. The van der Waals surface area contributed by atoms with Crippen LogP contribution >= 0.6 is 0 Å². The van der Waals surface area contributed by atoms with Gasteiger partial charge in [0.05, 0.1) is 20.3 Å². The van der Waals surface area contributed by atoms with Crippen LogP contribution in [0.15, 0.2) is 42.5 Å². The molecule has 2 aromatic carbocycles. The van der Waals surface area contributed by atoms with Crippen LogP contribution in [-0.2, 0) is 11.2 Å². The zero-order valence-electron chi connectivity index (χ0n) is 16.4. The smallest absolute Gasteiger partial charge is 0.220 e. The van der Waals surface area contributed by atoms with Crippen molar-refractivity contribution in [1.29, 1.82) is 0 Å². The Morgan fingerprint density at radius 3 is 2.44 bits per heavy atom. The van der Waals surface area contributed by atoms with Crippen LogP contribution in [0.25, 0.3) is 0 Å². The van der Waals surface area contributed by atoms with E-state index >= 15 is 0 Å². The summed E-state index contributed by atoms with van der Waals surface area (Å²) in [6.45, 7) is 4.08. The van der Waals surface area contributed by atoms with Crippen molar-refractivity contribution >= 4 is 5.91 Å². The maximum absolute atomic E-state index is 12.6. The molecular weight excluding hydrogens is 342 g/mol. The van der Waals surface area contributed by atoms with Crippen molar-refractivity contribution in [2.24, 2.45) is 0 Å². The Balaban J connectivity index is 1.67. The van der Waals surface area contributed by atoms with Crippen LogP contribution in [0.1, 0.15) is 43.9 Å². The Hall–Kier alpha value is -2.69. The fraction of sp³-hybridized carbons (Fsp3) is 0.409. The van der Waals surface area contributed by atoms with E-state index in [0.717, 1.165) is 28.4 Å². The molecule has 1 aliphatic heterocycles. The van der Waals surface area contributed by atoms with Crippen molar-refractivity contribution in [2.75, 3.05) is 14.2 Å². The average molecular weight is 369 g/mol. The monoisotopic (exact) mass is 369 g/mol. The predicted octanol–water partition coefficient (Wildman–Crippen LogP) is 4.06. The Kier molecular flexibility index (Phi) is 5.59. The summed E-state index contributed by atoms with van der Waals surface area (Å²) in [5.74, 6) is 2.41. The molecule has 1 atom stereocenters. The summed E-state index contributed by atoms with van der Waals surface area (Å²) in [6, 6.07) is 13.4. The summed E-state index contributed by atoms with van der Waals surface area (Å²) in [7, 11) is 3.28. The standard InChI is InChI=1S/C22H27NO4/c1-22(2)14-19(18-13-17(26-4)10-11-20(18)27-22)23-21(24)12-7-15-5-8-16(25-3)9-6-15/h5-6,8-11,13,19H,7,12,14H2,1-4H3,(H,23,24). The minimum atomic E-state index is -0.338. The minimum Gasteiger partial charge on any atom is -0.497 e. The molecule has 1 unspecified atom stereocenters. The number of methoxy groups -OCH3 is 2. The van der Waals surface area contributed by atoms with Gasteiger partial charge in [0.1, 0.15) is 22.8 Å². The van der Waals surface area contributed by atoms with Crippen molar-refractivity contribution in [3.8, 4) is 17.2 Å². The van der Waals surface area contributed by atoms with Gasteiger partial charge in [-0.2, -0.15) is 0 Å². The van der Waals surface area contributed by atoms with E-state index in [1.54, 1.807) is 14.2 Å². The number of hydrogen-bond acceptors (Lipinski definition) is 4. The highest BCUT2D eigenvalue weighted by Crippen LogP contribution is 2.41. The van der Waals surface area contributed by atoms with Gasteiger partial charge in [-0.05, 0) is 56.2 Å². The van der Waals surface area contributed by atoms with Gasteiger partial charge in [0.25, 0.3) is 0 Å². The zero-order valence-corrected chi connectivity index (χ0v) is 16.4. The molecule has 0 saturated heterocycles. The molecule has 1 amide bonds. The van der Waals surface area contributed by atoms with E-state index in [1.165, 1.54) is 0 Å². The van der Waals surface area contributed by atoms with Gasteiger partial charge in [-0.15, -0.1) is 0 Å². The average Bonchev–Trinajstić information content (AvgIpc) is 2.65. The van der Waals surface area contributed by atoms with Crippen molar-refractivity contribution < 1.29 is 19.0 Å². The van der Waals surface area contributed by atoms with Crippen LogP contribution in [0.5, 0.6) is 17.2 Å². The van der Waals surface area contributed by atoms with E-state index in [4.69, 9.17) is 14.2 Å². The molecule has 1 heterocycles. The number of aryl methyl sites for hydroxylation is 1. The van der Waals surface area contributed by atoms with Crippen LogP contribution in [0.4, 0.5) is 0 Å². The lowest BCUT2D eigenvalue weighted by atomic mass is 9.89. The van der Waals surface area contributed by atoms with Crippen LogP contribution in [0, 0.1) is 0 Å². The molecule has 27 heavy (non-hydrogen) atoms. The predicted molar refractivity (Wildman–Crippen MR) is 105 cm³/mol. The Morgan fingerprint density at radius 1 is 1.11 bits per heavy atom. The van der Waals surface area contributed by atoms with E-state index in [-0.39, 0.29) is 17.6 Å². The lowest BCUT2D eigenvalue weighted by molar-refractivity contribution is -0.122. The highest BCUT2D eigenvalue weighted by Gasteiger charge is 2.34. The van der Waals surface area contributed by atoms with Gasteiger partial charge in [0, 0.05) is 18.4 Å². The van der Waals surface area contributed by atoms with E-state index in [9.17, 15) is 4.79 Å². The first-order valence-electron chi connectivity index (χ1n) is 9.19. The van der Waals surface area contributed by atoms with Crippen LogP contribution in [0.3, 0.4) is 0 Å². The molecule has 0 aliphatic carbocycles. The molecule has 1 aliphatic rings. The lowest BCUT2D eigenvalue weighted by Gasteiger charge is -2.38. The summed E-state index contributed by atoms with van der Waals surface area (Å²) < 4.78 is 16.6. The van der Waals surface area contributed by atoms with Gasteiger partial charge in [0.2, 0.25) is 5.91 Å². The van der Waals surface area contributed by atoms with E-state index in [2.05, 4.69) is 5.32 Å². The first-order valence-corrected chi connectivity index (χ1v) is 9.19. The largest absolute Gasteiger partial charge is 0.497 e. The molecule has 0 radical (unpaired) electrons.